The van der Waals surface area contributed by atoms with Gasteiger partial charge in [0, 0.05) is 34.5 Å². The summed E-state index contributed by atoms with van der Waals surface area (Å²) in [5.74, 6) is 2.77. The van der Waals surface area contributed by atoms with Gasteiger partial charge < -0.3 is 9.30 Å². The number of rotatable bonds is 8. The molecule has 0 spiro atoms. The van der Waals surface area contributed by atoms with E-state index in [1.807, 2.05) is 23.0 Å². The van der Waals surface area contributed by atoms with E-state index in [1.165, 1.54) is 16.5 Å². The fourth-order valence-electron chi connectivity index (χ4n) is 7.04. The fraction of sp³-hybridized carbons (Fsp3) is 0.319. The van der Waals surface area contributed by atoms with Crippen LogP contribution in [0.15, 0.2) is 91.1 Å². The van der Waals surface area contributed by atoms with Gasteiger partial charge in [0.1, 0.15) is 5.82 Å². The number of hydrogen-bond donors (Lipinski definition) is 0. The minimum atomic E-state index is -0.128. The average Bonchev–Trinajstić information content (AvgIpc) is 3.58. The number of benzene rings is 4. The van der Waals surface area contributed by atoms with Gasteiger partial charge in [0.15, 0.2) is 0 Å². The Morgan fingerprint density at radius 2 is 1.49 bits per heavy atom. The van der Waals surface area contributed by atoms with Crippen LogP contribution in [0, 0.1) is 31.9 Å². The van der Waals surface area contributed by atoms with Gasteiger partial charge >= 0.3 is 21.1 Å². The predicted molar refractivity (Wildman–Crippen MR) is 215 cm³/mol. The van der Waals surface area contributed by atoms with Crippen LogP contribution in [0.3, 0.4) is 0 Å². The van der Waals surface area contributed by atoms with Crippen LogP contribution in [0.25, 0.3) is 44.4 Å². The summed E-state index contributed by atoms with van der Waals surface area (Å²) < 4.78 is 10.9. The molecule has 0 aliphatic rings. The molecule has 0 fully saturated rings. The summed E-state index contributed by atoms with van der Waals surface area (Å²) in [6, 6.07) is 37.4. The molecule has 3 aromatic heterocycles. The number of fused-ring (bicyclic) bond motifs is 3. The van der Waals surface area contributed by atoms with Crippen molar-refractivity contribution in [1.29, 1.82) is 0 Å². The van der Waals surface area contributed by atoms with Crippen molar-refractivity contribution < 1.29 is 25.8 Å². The molecule has 0 amide bonds. The van der Waals surface area contributed by atoms with Gasteiger partial charge in [-0.15, -0.1) is 41.3 Å². The summed E-state index contributed by atoms with van der Waals surface area (Å²) in [6.45, 7) is 22.1. The molecule has 0 saturated carbocycles. The molecular formula is C47H50N4OPt. The van der Waals surface area contributed by atoms with Crippen molar-refractivity contribution in [3.05, 3.63) is 131 Å². The molecule has 0 unspecified atom stereocenters. The number of pyridine rings is 1. The molecule has 53 heavy (non-hydrogen) atoms. The monoisotopic (exact) mass is 881 g/mol. The number of nitrogens with zero attached hydrogens (tertiary/aromatic N) is 4. The van der Waals surface area contributed by atoms with Crippen LogP contribution in [0.4, 0.5) is 0 Å². The largest absolute Gasteiger partial charge is 2.00 e. The Morgan fingerprint density at radius 1 is 0.755 bits per heavy atom. The minimum Gasteiger partial charge on any atom is -0.509 e. The van der Waals surface area contributed by atoms with E-state index >= 15 is 0 Å². The van der Waals surface area contributed by atoms with Crippen LogP contribution in [-0.2, 0) is 38.3 Å². The predicted octanol–water partition coefficient (Wildman–Crippen LogP) is 12.2. The molecule has 7 rings (SSSR count). The average molecular weight is 882 g/mol. The van der Waals surface area contributed by atoms with Crippen molar-refractivity contribution in [2.24, 2.45) is 5.92 Å². The molecule has 3 heterocycles. The zero-order valence-corrected chi connectivity index (χ0v) is 34.9. The van der Waals surface area contributed by atoms with Gasteiger partial charge in [-0.2, -0.15) is 11.2 Å². The molecule has 7 aromatic rings. The smallest absolute Gasteiger partial charge is 0.509 e. The van der Waals surface area contributed by atoms with E-state index in [1.54, 1.807) is 0 Å². The van der Waals surface area contributed by atoms with Gasteiger partial charge in [0.05, 0.1) is 5.69 Å². The molecule has 0 atom stereocenters. The van der Waals surface area contributed by atoms with Crippen LogP contribution in [0.1, 0.15) is 89.9 Å². The first-order chi connectivity index (χ1) is 24.7. The second-order valence-corrected chi connectivity index (χ2v) is 16.7. The standard InChI is InChI=1S/C47H50N4O.Pt/c1-30(2)16-17-33-18-21-42-41(24-33)40-20-19-38(29-43(40)50(42)44-27-35(22-23-48-44)46(5,6)7)52-39-26-36(47(8,9)10)25-37(28-39)51-32(4)45(31(3)49-51)34-14-12-11-13-15-34;/h11-15,18-27,30H,16-17H2,1-10H3;/q-2;+2. The number of aryl methyl sites for hydroxylation is 2. The van der Waals surface area contributed by atoms with E-state index in [0.29, 0.717) is 17.4 Å². The second kappa shape index (κ2) is 14.7. The van der Waals surface area contributed by atoms with Crippen LogP contribution >= 0.6 is 0 Å². The Kier molecular flexibility index (Phi) is 10.6. The molecule has 6 heteroatoms. The molecular weight excluding hydrogens is 832 g/mol. The van der Waals surface area contributed by atoms with Crippen molar-refractivity contribution in [3.8, 4) is 34.1 Å². The molecule has 274 valence electrons. The Labute approximate surface area is 329 Å². The van der Waals surface area contributed by atoms with E-state index in [9.17, 15) is 0 Å². The molecule has 0 bridgehead atoms. The van der Waals surface area contributed by atoms with E-state index in [-0.39, 0.29) is 31.9 Å². The van der Waals surface area contributed by atoms with Gasteiger partial charge in [-0.25, -0.2) is 4.98 Å². The van der Waals surface area contributed by atoms with Crippen LogP contribution in [0.5, 0.6) is 11.5 Å². The van der Waals surface area contributed by atoms with Crippen molar-refractivity contribution >= 4 is 21.8 Å². The molecule has 0 saturated heterocycles. The Bertz CT molecular complexity index is 2400. The second-order valence-electron chi connectivity index (χ2n) is 16.7. The van der Waals surface area contributed by atoms with E-state index in [2.05, 4.69) is 159 Å². The summed E-state index contributed by atoms with van der Waals surface area (Å²) in [4.78, 5) is 4.90. The topological polar surface area (TPSA) is 44.9 Å². The van der Waals surface area contributed by atoms with E-state index in [0.717, 1.165) is 68.8 Å². The summed E-state index contributed by atoms with van der Waals surface area (Å²) in [5.41, 5.74) is 10.8. The van der Waals surface area contributed by atoms with Gasteiger partial charge in [-0.05, 0) is 89.4 Å². The first kappa shape index (κ1) is 38.3. The maximum absolute atomic E-state index is 6.71. The van der Waals surface area contributed by atoms with Gasteiger partial charge in [-0.3, -0.25) is 4.68 Å². The summed E-state index contributed by atoms with van der Waals surface area (Å²) >= 11 is 0. The third-order valence-corrected chi connectivity index (χ3v) is 10.1. The van der Waals surface area contributed by atoms with Crippen molar-refractivity contribution in [3.63, 3.8) is 0 Å². The third-order valence-electron chi connectivity index (χ3n) is 10.1. The van der Waals surface area contributed by atoms with Gasteiger partial charge in [0.25, 0.3) is 0 Å². The van der Waals surface area contributed by atoms with Crippen molar-refractivity contribution in [2.45, 2.75) is 92.9 Å². The fourth-order valence-corrected chi connectivity index (χ4v) is 7.04. The third kappa shape index (κ3) is 7.78. The Balaban J connectivity index is 0.00000481. The molecule has 0 radical (unpaired) electrons. The first-order valence-electron chi connectivity index (χ1n) is 18.5. The maximum Gasteiger partial charge on any atom is 2.00 e. The molecule has 5 nitrogen and oxygen atoms in total. The molecule has 0 aliphatic carbocycles. The maximum atomic E-state index is 6.71. The summed E-state index contributed by atoms with van der Waals surface area (Å²) in [6.07, 6.45) is 4.12. The van der Waals surface area contributed by atoms with Crippen LogP contribution in [-0.4, -0.2) is 19.3 Å². The van der Waals surface area contributed by atoms with Gasteiger partial charge in [0.2, 0.25) is 0 Å². The Morgan fingerprint density at radius 3 is 2.19 bits per heavy atom. The van der Waals surface area contributed by atoms with Crippen LogP contribution in [0.2, 0.25) is 0 Å². The molecule has 0 N–H and O–H groups in total. The zero-order chi connectivity index (χ0) is 36.9. The molecule has 0 aliphatic heterocycles. The molecule has 4 aromatic carbocycles. The quantitative estimate of drug-likeness (QED) is 0.143. The van der Waals surface area contributed by atoms with Crippen LogP contribution < -0.4 is 4.74 Å². The number of ether oxygens (including phenoxy) is 1. The van der Waals surface area contributed by atoms with Crippen molar-refractivity contribution in [2.75, 3.05) is 0 Å². The van der Waals surface area contributed by atoms with Crippen molar-refractivity contribution in [1.82, 2.24) is 19.3 Å². The number of aromatic nitrogens is 4. The van der Waals surface area contributed by atoms with Gasteiger partial charge in [-0.1, -0.05) is 103 Å². The Hall–Kier alpha value is -4.47. The van der Waals surface area contributed by atoms with E-state index < -0.39 is 0 Å². The number of hydrogen-bond acceptors (Lipinski definition) is 3. The zero-order valence-electron chi connectivity index (χ0n) is 32.7. The first-order valence-corrected chi connectivity index (χ1v) is 18.5. The summed E-state index contributed by atoms with van der Waals surface area (Å²) in [5, 5.41) is 7.33. The summed E-state index contributed by atoms with van der Waals surface area (Å²) in [7, 11) is 0. The SMILES string of the molecule is Cc1nn(-c2[c-]c(Oc3[c-]c4c(cc3)c3cc(CCC(C)C)ccc3n4-c3cc(C(C)(C)C)ccn3)cc(C(C)(C)C)c2)c(C)c1-c1ccccc1.[Pt+2]. The minimum absolute atomic E-state index is 0. The van der Waals surface area contributed by atoms with E-state index in [4.69, 9.17) is 14.8 Å². The normalized spacial score (nSPS) is 12.1.